The Morgan fingerprint density at radius 2 is 1.50 bits per heavy atom. The van der Waals surface area contributed by atoms with Crippen molar-refractivity contribution in [2.45, 2.75) is 0 Å². The van der Waals surface area contributed by atoms with Gasteiger partial charge < -0.3 is 0 Å². The second-order valence-corrected chi connectivity index (χ2v) is 3.00. The topological polar surface area (TPSA) is 0 Å². The van der Waals surface area contributed by atoms with E-state index in [4.69, 9.17) is 0 Å². The van der Waals surface area contributed by atoms with Gasteiger partial charge in [0.05, 0.1) is 0 Å². The summed E-state index contributed by atoms with van der Waals surface area (Å²) in [6, 6.07) is 8.23. The zero-order valence-corrected chi connectivity index (χ0v) is 6.77. The molecule has 0 aliphatic rings. The maximum Gasteiger partial charge on any atom is -0.0296 e. The van der Waals surface area contributed by atoms with Gasteiger partial charge in [0, 0.05) is 0 Å². The van der Waals surface area contributed by atoms with Gasteiger partial charge in [-0.2, -0.15) is 0 Å². The van der Waals surface area contributed by atoms with Crippen molar-refractivity contribution in [3.8, 4) is 0 Å². The van der Waals surface area contributed by atoms with Gasteiger partial charge in [-0.15, -0.1) is 18.5 Å². The van der Waals surface area contributed by atoms with Crippen molar-refractivity contribution >= 4 is 29.1 Å². The highest BCUT2D eigenvalue weighted by Gasteiger charge is 1.81. The predicted molar refractivity (Wildman–Crippen MR) is 45.1 cm³/mol. The van der Waals surface area contributed by atoms with Gasteiger partial charge in [-0.05, 0) is 16.7 Å². The van der Waals surface area contributed by atoms with Crippen LogP contribution in [0.15, 0.2) is 24.3 Å². The predicted octanol–water partition coefficient (Wildman–Crippen LogP) is 0.687. The van der Waals surface area contributed by atoms with Crippen LogP contribution in [0.5, 0.6) is 0 Å². The average molecular weight is 142 g/mol. The Morgan fingerprint density at radius 3 is 1.75 bits per heavy atom. The lowest BCUT2D eigenvalue weighted by Gasteiger charge is -1.90. The molecule has 2 heteroatoms. The summed E-state index contributed by atoms with van der Waals surface area (Å²) in [7, 11) is 5.30. The standard InChI is InChI=1S/C6H8P2/c7-5-2-1-3-6(8)4-5/h1-4H,7-8H2. The minimum atomic E-state index is 1.23. The van der Waals surface area contributed by atoms with Crippen LogP contribution in [0.3, 0.4) is 0 Å². The fourth-order valence-corrected chi connectivity index (χ4v) is 1.36. The quantitative estimate of drug-likeness (QED) is 0.467. The lowest BCUT2D eigenvalue weighted by atomic mass is 10.4. The molecule has 2 unspecified atom stereocenters. The van der Waals surface area contributed by atoms with Crippen molar-refractivity contribution in [3.63, 3.8) is 0 Å². The molecular weight excluding hydrogens is 134 g/mol. The molecule has 0 heterocycles. The summed E-state index contributed by atoms with van der Waals surface area (Å²) in [5.74, 6) is 0. The summed E-state index contributed by atoms with van der Waals surface area (Å²) in [6.45, 7) is 0. The normalized spacial score (nSPS) is 9.25. The molecule has 0 saturated heterocycles. The minimum Gasteiger partial charge on any atom is -0.106 e. The molecule has 0 nitrogen and oxygen atoms in total. The van der Waals surface area contributed by atoms with Crippen LogP contribution in [0.4, 0.5) is 0 Å². The van der Waals surface area contributed by atoms with E-state index >= 15 is 0 Å². The highest BCUT2D eigenvalue weighted by molar-refractivity contribution is 7.29. The van der Waals surface area contributed by atoms with Gasteiger partial charge >= 0.3 is 0 Å². The van der Waals surface area contributed by atoms with Crippen LogP contribution in [-0.2, 0) is 0 Å². The molecule has 0 aliphatic carbocycles. The van der Waals surface area contributed by atoms with E-state index in [2.05, 4.69) is 36.7 Å². The molecule has 0 aliphatic heterocycles. The molecule has 0 spiro atoms. The van der Waals surface area contributed by atoms with E-state index in [0.717, 1.165) is 0 Å². The van der Waals surface area contributed by atoms with Crippen LogP contribution in [0, 0.1) is 0 Å². The average Bonchev–Trinajstić information content (AvgIpc) is 1.64. The molecular formula is C6H8P2. The number of benzene rings is 1. The first-order valence-corrected chi connectivity index (χ1v) is 3.55. The Bertz CT molecular complexity index is 166. The third-order valence-corrected chi connectivity index (χ3v) is 1.63. The summed E-state index contributed by atoms with van der Waals surface area (Å²) in [6.07, 6.45) is 0. The molecule has 2 atom stereocenters. The molecule has 0 bridgehead atoms. The van der Waals surface area contributed by atoms with Gasteiger partial charge in [0.2, 0.25) is 0 Å². The first-order valence-electron chi connectivity index (χ1n) is 2.40. The second kappa shape index (κ2) is 2.58. The number of rotatable bonds is 0. The SMILES string of the molecule is Pc1cccc(P)c1. The third-order valence-electron chi connectivity index (χ3n) is 0.911. The van der Waals surface area contributed by atoms with E-state index < -0.39 is 0 Å². The summed E-state index contributed by atoms with van der Waals surface area (Å²) in [5, 5.41) is 2.47. The van der Waals surface area contributed by atoms with Gasteiger partial charge in [-0.25, -0.2) is 0 Å². The van der Waals surface area contributed by atoms with Crippen LogP contribution >= 0.6 is 18.5 Å². The van der Waals surface area contributed by atoms with Crippen molar-refractivity contribution in [3.05, 3.63) is 24.3 Å². The third kappa shape index (κ3) is 1.54. The molecule has 0 aromatic heterocycles. The van der Waals surface area contributed by atoms with Crippen LogP contribution in [0.1, 0.15) is 0 Å². The Hall–Kier alpha value is 0.0800. The Morgan fingerprint density at radius 1 is 1.00 bits per heavy atom. The largest absolute Gasteiger partial charge is 0.106 e. The van der Waals surface area contributed by atoms with Gasteiger partial charge in [0.15, 0.2) is 0 Å². The first-order chi connectivity index (χ1) is 3.79. The van der Waals surface area contributed by atoms with E-state index in [1.54, 1.807) is 0 Å². The minimum absolute atomic E-state index is 1.23. The highest BCUT2D eigenvalue weighted by Crippen LogP contribution is 1.90. The Kier molecular flexibility index (Phi) is 2.00. The molecule has 8 heavy (non-hydrogen) atoms. The highest BCUT2D eigenvalue weighted by atomic mass is 31.0. The van der Waals surface area contributed by atoms with Crippen molar-refractivity contribution in [2.75, 3.05) is 0 Å². The summed E-state index contributed by atoms with van der Waals surface area (Å²) < 4.78 is 0. The maximum absolute atomic E-state index is 2.65. The number of hydrogen-bond donors (Lipinski definition) is 0. The Balaban J connectivity index is 3.08. The fourth-order valence-electron chi connectivity index (χ4n) is 0.559. The van der Waals surface area contributed by atoms with Crippen molar-refractivity contribution in [2.24, 2.45) is 0 Å². The summed E-state index contributed by atoms with van der Waals surface area (Å²) >= 11 is 0. The molecule has 1 aromatic rings. The van der Waals surface area contributed by atoms with Gasteiger partial charge in [-0.1, -0.05) is 18.2 Å². The lowest BCUT2D eigenvalue weighted by Crippen LogP contribution is -1.97. The smallest absolute Gasteiger partial charge is 0.0296 e. The summed E-state index contributed by atoms with van der Waals surface area (Å²) in [4.78, 5) is 0. The van der Waals surface area contributed by atoms with E-state index in [1.807, 2.05) is 6.07 Å². The van der Waals surface area contributed by atoms with E-state index in [1.165, 1.54) is 10.6 Å². The number of hydrogen-bond acceptors (Lipinski definition) is 0. The molecule has 1 aromatic carbocycles. The molecule has 0 radical (unpaired) electrons. The van der Waals surface area contributed by atoms with Crippen LogP contribution in [0.2, 0.25) is 0 Å². The van der Waals surface area contributed by atoms with Crippen LogP contribution in [0.25, 0.3) is 0 Å². The van der Waals surface area contributed by atoms with Gasteiger partial charge in [-0.3, -0.25) is 0 Å². The molecule has 0 fully saturated rings. The van der Waals surface area contributed by atoms with Crippen molar-refractivity contribution < 1.29 is 0 Å². The molecule has 0 amide bonds. The summed E-state index contributed by atoms with van der Waals surface area (Å²) in [5.41, 5.74) is 0. The monoisotopic (exact) mass is 142 g/mol. The molecule has 0 saturated carbocycles. The zero-order chi connectivity index (χ0) is 5.98. The van der Waals surface area contributed by atoms with Gasteiger partial charge in [0.1, 0.15) is 0 Å². The molecule has 1 rings (SSSR count). The van der Waals surface area contributed by atoms with Crippen molar-refractivity contribution in [1.82, 2.24) is 0 Å². The fraction of sp³-hybridized carbons (Fsp3) is 0. The maximum atomic E-state index is 2.65. The van der Waals surface area contributed by atoms with E-state index in [-0.39, 0.29) is 0 Å². The Labute approximate surface area is 54.1 Å². The van der Waals surface area contributed by atoms with Crippen LogP contribution in [-0.4, -0.2) is 0 Å². The van der Waals surface area contributed by atoms with Gasteiger partial charge in [0.25, 0.3) is 0 Å². The first kappa shape index (κ1) is 6.20. The zero-order valence-electron chi connectivity index (χ0n) is 4.46. The van der Waals surface area contributed by atoms with Crippen molar-refractivity contribution in [1.29, 1.82) is 0 Å². The molecule has 42 valence electrons. The van der Waals surface area contributed by atoms with Crippen LogP contribution < -0.4 is 10.6 Å². The molecule has 0 N–H and O–H groups in total. The lowest BCUT2D eigenvalue weighted by molar-refractivity contribution is 1.85. The second-order valence-electron chi connectivity index (χ2n) is 1.67. The van der Waals surface area contributed by atoms with E-state index in [9.17, 15) is 0 Å². The van der Waals surface area contributed by atoms with E-state index in [0.29, 0.717) is 0 Å².